The first-order valence-corrected chi connectivity index (χ1v) is 5.38. The van der Waals surface area contributed by atoms with Crippen molar-refractivity contribution in [1.82, 2.24) is 5.01 Å². The third-order valence-corrected chi connectivity index (χ3v) is 2.03. The number of nitrogens with zero attached hydrogens (tertiary/aromatic N) is 2. The fourth-order valence-electron chi connectivity index (χ4n) is 1.13. The molecule has 0 amide bonds. The van der Waals surface area contributed by atoms with Crippen LogP contribution in [0.4, 0.5) is 0 Å². The fraction of sp³-hybridized carbons (Fsp3) is 0.800. The minimum atomic E-state index is -0.376. The van der Waals surface area contributed by atoms with Crippen LogP contribution in [0.2, 0.25) is 0 Å². The summed E-state index contributed by atoms with van der Waals surface area (Å²) in [4.78, 5) is 31.7. The Morgan fingerprint density at radius 1 is 1.24 bits per heavy atom. The molecule has 0 bridgehead atoms. The Labute approximate surface area is 100.0 Å². The summed E-state index contributed by atoms with van der Waals surface area (Å²) in [5, 5.41) is 4.05. The van der Waals surface area contributed by atoms with Crippen molar-refractivity contribution in [2.24, 2.45) is 5.29 Å². The Bertz CT molecular complexity index is 257. The zero-order valence-electron chi connectivity index (χ0n) is 10.2. The second-order valence-electron chi connectivity index (χ2n) is 3.41. The Morgan fingerprint density at radius 2 is 1.94 bits per heavy atom. The van der Waals surface area contributed by atoms with Gasteiger partial charge in [-0.15, -0.1) is 4.91 Å². The Morgan fingerprint density at radius 3 is 2.47 bits per heavy atom. The Kier molecular flexibility index (Phi) is 8.62. The lowest BCUT2D eigenvalue weighted by molar-refractivity contribution is -0.142. The molecular weight excluding hydrogens is 228 g/mol. The normalized spacial score (nSPS) is 9.53. The standard InChI is InChI=1S/C10H18N2O5/c1-9(13)17-8-4-3-6-12(11-15)7-5-10(14)16-2/h3-8H2,1-2H3. The first-order chi connectivity index (χ1) is 8.10. The van der Waals surface area contributed by atoms with Crippen molar-refractivity contribution >= 4 is 11.9 Å². The lowest BCUT2D eigenvalue weighted by Gasteiger charge is -2.13. The maximum Gasteiger partial charge on any atom is 0.307 e. The third kappa shape index (κ3) is 9.28. The fourth-order valence-corrected chi connectivity index (χ4v) is 1.13. The van der Waals surface area contributed by atoms with Gasteiger partial charge in [-0.05, 0) is 12.8 Å². The summed E-state index contributed by atoms with van der Waals surface area (Å²) in [5.41, 5.74) is 0. The van der Waals surface area contributed by atoms with Crippen LogP contribution in [0.1, 0.15) is 26.2 Å². The van der Waals surface area contributed by atoms with E-state index in [0.29, 0.717) is 26.0 Å². The molecule has 7 heteroatoms. The molecule has 0 saturated heterocycles. The van der Waals surface area contributed by atoms with Crippen LogP contribution in [-0.2, 0) is 19.1 Å². The summed E-state index contributed by atoms with van der Waals surface area (Å²) in [7, 11) is 1.29. The lowest BCUT2D eigenvalue weighted by Crippen LogP contribution is -2.22. The minimum absolute atomic E-state index is 0.131. The number of carbonyl (C=O) groups is 2. The van der Waals surface area contributed by atoms with Gasteiger partial charge in [0.05, 0.1) is 25.4 Å². The third-order valence-electron chi connectivity index (χ3n) is 2.03. The maximum absolute atomic E-state index is 10.8. The summed E-state index contributed by atoms with van der Waals surface area (Å²) in [6.07, 6.45) is 1.45. The van der Waals surface area contributed by atoms with E-state index in [9.17, 15) is 14.5 Å². The molecule has 0 aromatic carbocycles. The van der Waals surface area contributed by atoms with Crippen molar-refractivity contribution in [3.05, 3.63) is 4.91 Å². The quantitative estimate of drug-likeness (QED) is 0.260. The highest BCUT2D eigenvalue weighted by Crippen LogP contribution is 1.99. The molecule has 0 radical (unpaired) electrons. The molecule has 17 heavy (non-hydrogen) atoms. The van der Waals surface area contributed by atoms with Crippen molar-refractivity contribution in [1.29, 1.82) is 0 Å². The van der Waals surface area contributed by atoms with Gasteiger partial charge in [0.1, 0.15) is 0 Å². The average Bonchev–Trinajstić information content (AvgIpc) is 2.31. The molecule has 0 saturated carbocycles. The number of hydrogen-bond donors (Lipinski definition) is 0. The number of carbonyl (C=O) groups excluding carboxylic acids is 2. The van der Waals surface area contributed by atoms with Crippen molar-refractivity contribution in [2.45, 2.75) is 26.2 Å². The molecule has 0 heterocycles. The van der Waals surface area contributed by atoms with Crippen molar-refractivity contribution in [3.8, 4) is 0 Å². The van der Waals surface area contributed by atoms with E-state index < -0.39 is 0 Å². The van der Waals surface area contributed by atoms with Crippen LogP contribution >= 0.6 is 0 Å². The lowest BCUT2D eigenvalue weighted by atomic mass is 10.3. The molecule has 0 fully saturated rings. The van der Waals surface area contributed by atoms with Crippen molar-refractivity contribution < 1.29 is 19.1 Å². The van der Waals surface area contributed by atoms with Crippen LogP contribution in [0, 0.1) is 4.91 Å². The SMILES string of the molecule is COC(=O)CCN(CCCCOC(C)=O)N=O. The molecule has 0 N–H and O–H groups in total. The van der Waals surface area contributed by atoms with Crippen LogP contribution in [0.3, 0.4) is 0 Å². The zero-order valence-corrected chi connectivity index (χ0v) is 10.2. The zero-order chi connectivity index (χ0) is 13.1. The molecule has 0 aromatic heterocycles. The van der Waals surface area contributed by atoms with Crippen LogP contribution in [0.5, 0.6) is 0 Å². The van der Waals surface area contributed by atoms with E-state index in [-0.39, 0.29) is 24.9 Å². The number of esters is 2. The summed E-state index contributed by atoms with van der Waals surface area (Å²) in [6.45, 7) is 2.35. The molecule has 0 atom stereocenters. The number of methoxy groups -OCH3 is 1. The second-order valence-corrected chi connectivity index (χ2v) is 3.41. The number of hydrogen-bond acceptors (Lipinski definition) is 6. The van der Waals surface area contributed by atoms with Gasteiger partial charge in [-0.3, -0.25) is 14.6 Å². The highest BCUT2D eigenvalue weighted by atomic mass is 16.5. The van der Waals surface area contributed by atoms with Crippen LogP contribution in [0.25, 0.3) is 0 Å². The first kappa shape index (κ1) is 15.3. The summed E-state index contributed by atoms with van der Waals surface area (Å²) in [6, 6.07) is 0. The molecule has 0 spiro atoms. The van der Waals surface area contributed by atoms with Gasteiger partial charge in [0.15, 0.2) is 0 Å². The molecule has 0 aliphatic heterocycles. The van der Waals surface area contributed by atoms with Gasteiger partial charge in [-0.2, -0.15) is 0 Å². The van der Waals surface area contributed by atoms with Crippen LogP contribution in [-0.4, -0.2) is 43.8 Å². The summed E-state index contributed by atoms with van der Waals surface area (Å²) in [5.74, 6) is -0.695. The topological polar surface area (TPSA) is 85.3 Å². The molecule has 0 aliphatic rings. The van der Waals surface area contributed by atoms with Crippen molar-refractivity contribution in [2.75, 3.05) is 26.8 Å². The largest absolute Gasteiger partial charge is 0.469 e. The first-order valence-electron chi connectivity index (χ1n) is 5.38. The number of nitroso groups, excluding NO2 is 1. The van der Waals surface area contributed by atoms with Gasteiger partial charge in [-0.1, -0.05) is 0 Å². The monoisotopic (exact) mass is 246 g/mol. The van der Waals surface area contributed by atoms with Gasteiger partial charge in [-0.25, -0.2) is 0 Å². The highest BCUT2D eigenvalue weighted by molar-refractivity contribution is 5.69. The van der Waals surface area contributed by atoms with Gasteiger partial charge < -0.3 is 9.47 Å². The second kappa shape index (κ2) is 9.56. The summed E-state index contributed by atoms with van der Waals surface area (Å²) >= 11 is 0. The molecule has 0 rings (SSSR count). The van der Waals surface area contributed by atoms with E-state index >= 15 is 0 Å². The highest BCUT2D eigenvalue weighted by Gasteiger charge is 2.07. The molecular formula is C10H18N2O5. The molecule has 7 nitrogen and oxygen atoms in total. The van der Waals surface area contributed by atoms with Gasteiger partial charge in [0.2, 0.25) is 0 Å². The van der Waals surface area contributed by atoms with E-state index in [1.807, 2.05) is 0 Å². The number of ether oxygens (including phenoxy) is 2. The Hall–Kier alpha value is -1.66. The smallest absolute Gasteiger partial charge is 0.307 e. The van der Waals surface area contributed by atoms with E-state index in [0.717, 1.165) is 0 Å². The molecule has 98 valence electrons. The van der Waals surface area contributed by atoms with Crippen molar-refractivity contribution in [3.63, 3.8) is 0 Å². The molecule has 0 aromatic rings. The van der Waals surface area contributed by atoms with Gasteiger partial charge in [0.25, 0.3) is 0 Å². The van der Waals surface area contributed by atoms with E-state index in [2.05, 4.69) is 10.0 Å². The van der Waals surface area contributed by atoms with E-state index in [1.54, 1.807) is 0 Å². The van der Waals surface area contributed by atoms with Gasteiger partial charge in [0, 0.05) is 20.0 Å². The Balaban J connectivity index is 3.57. The minimum Gasteiger partial charge on any atom is -0.469 e. The van der Waals surface area contributed by atoms with E-state index in [4.69, 9.17) is 4.74 Å². The maximum atomic E-state index is 10.8. The summed E-state index contributed by atoms with van der Waals surface area (Å²) < 4.78 is 9.18. The predicted molar refractivity (Wildman–Crippen MR) is 59.9 cm³/mol. The number of unbranched alkanes of at least 4 members (excludes halogenated alkanes) is 1. The predicted octanol–water partition coefficient (Wildman–Crippen LogP) is 0.876. The van der Waals surface area contributed by atoms with Crippen LogP contribution < -0.4 is 0 Å². The molecule has 0 unspecified atom stereocenters. The van der Waals surface area contributed by atoms with Gasteiger partial charge >= 0.3 is 11.9 Å². The number of rotatable bonds is 9. The van der Waals surface area contributed by atoms with E-state index in [1.165, 1.54) is 19.0 Å². The van der Waals surface area contributed by atoms with Crippen LogP contribution in [0.15, 0.2) is 5.29 Å². The average molecular weight is 246 g/mol. The molecule has 0 aliphatic carbocycles.